The zero-order chi connectivity index (χ0) is 26.3. The van der Waals surface area contributed by atoms with Gasteiger partial charge in [-0.05, 0) is 30.5 Å². The number of nitrogens with two attached hydrogens (primary N) is 2. The lowest BCUT2D eigenvalue weighted by molar-refractivity contribution is -0.177. The maximum Gasteiger partial charge on any atom is 0.393 e. The van der Waals surface area contributed by atoms with Gasteiger partial charge in [0, 0.05) is 75.0 Å². The summed E-state index contributed by atoms with van der Waals surface area (Å²) in [6, 6.07) is 2.68. The van der Waals surface area contributed by atoms with E-state index in [0.717, 1.165) is 5.56 Å². The largest absolute Gasteiger partial charge is 0.438 e. The lowest BCUT2D eigenvalue weighted by atomic mass is 9.93. The van der Waals surface area contributed by atoms with Gasteiger partial charge in [0.1, 0.15) is 17.3 Å². The van der Waals surface area contributed by atoms with Crippen LogP contribution >= 0.6 is 0 Å². The zero-order valence-electron chi connectivity index (χ0n) is 20.0. The number of hydrogen-bond acceptors (Lipinski definition) is 8. The molecule has 0 spiro atoms. The van der Waals surface area contributed by atoms with Gasteiger partial charge < -0.3 is 20.8 Å². The topological polar surface area (TPSA) is 115 Å². The van der Waals surface area contributed by atoms with E-state index in [-0.39, 0.29) is 43.2 Å². The summed E-state index contributed by atoms with van der Waals surface area (Å²) in [5, 5.41) is 0. The monoisotopic (exact) mass is 520 g/mol. The fourth-order valence-corrected chi connectivity index (χ4v) is 5.28. The number of alkyl halides is 4. The van der Waals surface area contributed by atoms with Crippen molar-refractivity contribution in [1.29, 1.82) is 0 Å². The van der Waals surface area contributed by atoms with Gasteiger partial charge in [-0.2, -0.15) is 13.2 Å². The maximum atomic E-state index is 13.5. The van der Waals surface area contributed by atoms with E-state index in [1.54, 1.807) is 23.2 Å². The van der Waals surface area contributed by atoms with Crippen molar-refractivity contribution in [3.8, 4) is 0 Å². The summed E-state index contributed by atoms with van der Waals surface area (Å²) < 4.78 is 59.5. The van der Waals surface area contributed by atoms with Crippen molar-refractivity contribution in [2.75, 3.05) is 36.8 Å². The predicted octanol–water partition coefficient (Wildman–Crippen LogP) is 3.49. The van der Waals surface area contributed by atoms with Crippen LogP contribution in [-0.2, 0) is 13.0 Å². The molecule has 5 rings (SSSR count). The van der Waals surface area contributed by atoms with Gasteiger partial charge in [-0.25, -0.2) is 4.39 Å². The SMILES string of the molecule is Nc1oc2cc(CN3CC[C@H](F)C3)cnc2c1C(=O)Cc1cnccc1N1C[C@@H](N)C[C@@H](C(F)(F)F)C1. The molecular weight excluding hydrogens is 492 g/mol. The second-order valence-corrected chi connectivity index (χ2v) is 9.90. The molecular formula is C25H28F4N6O2. The molecule has 0 amide bonds. The average molecular weight is 521 g/mol. The van der Waals surface area contributed by atoms with E-state index >= 15 is 0 Å². The van der Waals surface area contributed by atoms with Crippen molar-refractivity contribution in [2.24, 2.45) is 11.7 Å². The molecule has 37 heavy (non-hydrogen) atoms. The number of furan rings is 1. The van der Waals surface area contributed by atoms with Crippen LogP contribution in [0.2, 0.25) is 0 Å². The fraction of sp³-hybridized carbons (Fsp3) is 0.480. The van der Waals surface area contributed by atoms with Gasteiger partial charge in [0.2, 0.25) is 5.88 Å². The molecule has 2 aliphatic heterocycles. The molecule has 0 unspecified atom stereocenters. The van der Waals surface area contributed by atoms with E-state index in [4.69, 9.17) is 15.9 Å². The van der Waals surface area contributed by atoms with Crippen LogP contribution in [0.4, 0.5) is 29.1 Å². The summed E-state index contributed by atoms with van der Waals surface area (Å²) in [6.45, 7) is 1.51. The third kappa shape index (κ3) is 5.40. The number of carbonyl (C=O) groups is 1. The van der Waals surface area contributed by atoms with E-state index < -0.39 is 24.3 Å². The highest BCUT2D eigenvalue weighted by molar-refractivity contribution is 6.10. The number of likely N-dealkylation sites (tertiary alicyclic amines) is 1. The molecule has 3 aromatic rings. The lowest BCUT2D eigenvalue weighted by Crippen LogP contribution is -2.51. The second-order valence-electron chi connectivity index (χ2n) is 9.90. The van der Waals surface area contributed by atoms with Crippen LogP contribution in [0.3, 0.4) is 0 Å². The van der Waals surface area contributed by atoms with E-state index in [1.807, 2.05) is 4.90 Å². The Kier molecular flexibility index (Phi) is 6.80. The Morgan fingerprint density at radius 1 is 1.22 bits per heavy atom. The van der Waals surface area contributed by atoms with Crippen molar-refractivity contribution in [2.45, 2.75) is 44.2 Å². The summed E-state index contributed by atoms with van der Waals surface area (Å²) in [5.41, 5.74) is 14.5. The molecule has 0 saturated carbocycles. The number of hydrogen-bond donors (Lipinski definition) is 2. The quantitative estimate of drug-likeness (QED) is 0.375. The predicted molar refractivity (Wildman–Crippen MR) is 130 cm³/mol. The van der Waals surface area contributed by atoms with Crippen LogP contribution in [0.15, 0.2) is 35.1 Å². The normalized spacial score (nSPS) is 23.2. The number of halogens is 4. The molecule has 5 heterocycles. The van der Waals surface area contributed by atoms with Gasteiger partial charge >= 0.3 is 6.18 Å². The number of fused-ring (bicyclic) bond motifs is 1. The van der Waals surface area contributed by atoms with Crippen molar-refractivity contribution in [3.05, 3.63) is 47.4 Å². The minimum atomic E-state index is -4.36. The van der Waals surface area contributed by atoms with Crippen molar-refractivity contribution in [1.82, 2.24) is 14.9 Å². The molecule has 0 aliphatic carbocycles. The zero-order valence-corrected chi connectivity index (χ0v) is 20.0. The molecule has 2 aliphatic rings. The molecule has 8 nitrogen and oxygen atoms in total. The lowest BCUT2D eigenvalue weighted by Gasteiger charge is -2.39. The number of nitrogens with zero attached hydrogens (tertiary/aromatic N) is 4. The van der Waals surface area contributed by atoms with Gasteiger partial charge in [-0.1, -0.05) is 0 Å². The standard InChI is InChI=1S/C25H28F4N6O2/c26-17-2-4-34(12-17)10-14-5-21-23(33-8-14)22(24(31)37-21)20(36)6-15-9-32-3-1-19(15)35-11-16(25(27,28)29)7-18(30)13-35/h1,3,5,8-9,16-18H,2,4,6-7,10-13,30-31H2/t16-,17+,18+/m1/s1. The first-order chi connectivity index (χ1) is 17.6. The van der Waals surface area contributed by atoms with Crippen LogP contribution in [-0.4, -0.2) is 65.2 Å². The molecule has 0 aromatic carbocycles. The van der Waals surface area contributed by atoms with E-state index in [1.165, 1.54) is 12.4 Å². The molecule has 12 heteroatoms. The first-order valence-electron chi connectivity index (χ1n) is 12.1. The van der Waals surface area contributed by atoms with Gasteiger partial charge in [-0.15, -0.1) is 0 Å². The first-order valence-corrected chi connectivity index (χ1v) is 12.1. The summed E-state index contributed by atoms with van der Waals surface area (Å²) >= 11 is 0. The summed E-state index contributed by atoms with van der Waals surface area (Å²) in [4.78, 5) is 25.4. The highest BCUT2D eigenvalue weighted by atomic mass is 19.4. The molecule has 4 N–H and O–H groups in total. The Balaban J connectivity index is 1.37. The minimum absolute atomic E-state index is 0.0859. The number of anilines is 2. The third-order valence-electron chi connectivity index (χ3n) is 7.03. The van der Waals surface area contributed by atoms with Gasteiger partial charge in [0.25, 0.3) is 0 Å². The molecule has 3 atom stereocenters. The average Bonchev–Trinajstić information content (AvgIpc) is 3.39. The third-order valence-corrected chi connectivity index (χ3v) is 7.03. The molecule has 3 aromatic heterocycles. The molecule has 2 saturated heterocycles. The Morgan fingerprint density at radius 3 is 2.76 bits per heavy atom. The van der Waals surface area contributed by atoms with Crippen molar-refractivity contribution in [3.63, 3.8) is 0 Å². The Labute approximate surface area is 210 Å². The minimum Gasteiger partial charge on any atom is -0.438 e. The van der Waals surface area contributed by atoms with E-state index in [2.05, 4.69) is 9.97 Å². The van der Waals surface area contributed by atoms with Gasteiger partial charge in [0.05, 0.1) is 5.92 Å². The Hall–Kier alpha value is -3.25. The second kappa shape index (κ2) is 9.90. The highest BCUT2D eigenvalue weighted by Crippen LogP contribution is 2.36. The number of Topliss-reactive ketones (excluding diaryl/α,β-unsaturated/α-hetero) is 1. The summed E-state index contributed by atoms with van der Waals surface area (Å²) in [5.74, 6) is -2.03. The van der Waals surface area contributed by atoms with Crippen LogP contribution in [0, 0.1) is 5.92 Å². The van der Waals surface area contributed by atoms with Crippen LogP contribution < -0.4 is 16.4 Å². The molecule has 0 bridgehead atoms. The fourth-order valence-electron chi connectivity index (χ4n) is 5.28. The van der Waals surface area contributed by atoms with E-state index in [9.17, 15) is 22.4 Å². The Morgan fingerprint density at radius 2 is 2.03 bits per heavy atom. The Bertz CT molecular complexity index is 1300. The number of nitrogen functional groups attached to an aromatic ring is 1. The summed E-state index contributed by atoms with van der Waals surface area (Å²) in [6.07, 6.45) is -0.444. The number of rotatable bonds is 6. The molecule has 0 radical (unpaired) electrons. The van der Waals surface area contributed by atoms with Crippen LogP contribution in [0.1, 0.15) is 34.3 Å². The van der Waals surface area contributed by atoms with E-state index in [0.29, 0.717) is 48.4 Å². The number of piperidine rings is 1. The summed E-state index contributed by atoms with van der Waals surface area (Å²) in [7, 11) is 0. The number of aromatic nitrogens is 2. The highest BCUT2D eigenvalue weighted by Gasteiger charge is 2.44. The van der Waals surface area contributed by atoms with Gasteiger partial charge in [-0.3, -0.25) is 19.7 Å². The van der Waals surface area contributed by atoms with Crippen LogP contribution in [0.25, 0.3) is 11.1 Å². The van der Waals surface area contributed by atoms with Crippen molar-refractivity contribution < 1.29 is 26.8 Å². The number of pyridine rings is 2. The first kappa shape index (κ1) is 25.4. The smallest absolute Gasteiger partial charge is 0.393 e. The number of ketones is 1. The number of carbonyl (C=O) groups excluding carboxylic acids is 1. The van der Waals surface area contributed by atoms with Crippen LogP contribution in [0.5, 0.6) is 0 Å². The van der Waals surface area contributed by atoms with Gasteiger partial charge in [0.15, 0.2) is 11.4 Å². The maximum absolute atomic E-state index is 13.5. The van der Waals surface area contributed by atoms with Crippen molar-refractivity contribution >= 4 is 28.5 Å². The molecule has 2 fully saturated rings. The molecule has 198 valence electrons.